The fraction of sp³-hybridized carbons (Fsp3) is 0.647. The van der Waals surface area contributed by atoms with Crippen molar-refractivity contribution in [3.8, 4) is 0 Å². The lowest BCUT2D eigenvalue weighted by Gasteiger charge is -2.30. The summed E-state index contributed by atoms with van der Waals surface area (Å²) in [5.41, 5.74) is 2.49. The molecule has 22 heavy (non-hydrogen) atoms. The molecule has 3 rings (SSSR count). The molecule has 0 spiro atoms. The van der Waals surface area contributed by atoms with Crippen molar-refractivity contribution in [1.29, 1.82) is 0 Å². The van der Waals surface area contributed by atoms with E-state index in [1.807, 2.05) is 0 Å². The molecule has 0 N–H and O–H groups in total. The van der Waals surface area contributed by atoms with Crippen LogP contribution < -0.4 is 0 Å². The zero-order valence-electron chi connectivity index (χ0n) is 13.2. The highest BCUT2D eigenvalue weighted by molar-refractivity contribution is 7.91. The largest absolute Gasteiger partial charge is 0.377 e. The summed E-state index contributed by atoms with van der Waals surface area (Å²) in [6, 6.07) is 8.65. The zero-order chi connectivity index (χ0) is 15.6. The van der Waals surface area contributed by atoms with Crippen molar-refractivity contribution in [2.45, 2.75) is 44.9 Å². The quantitative estimate of drug-likeness (QED) is 0.833. The van der Waals surface area contributed by atoms with E-state index in [-0.39, 0.29) is 12.1 Å². The minimum Gasteiger partial charge on any atom is -0.377 e. The number of aryl methyl sites for hydroxylation is 1. The monoisotopic (exact) mass is 323 g/mol. The third kappa shape index (κ3) is 4.09. The molecule has 1 aromatic rings. The third-order valence-corrected chi connectivity index (χ3v) is 6.44. The SMILES string of the molecule is Cc1ccc(CN(C[C@@H]2CCCO2)[C@H]2CCS(=O)(=O)C2)cc1. The Bertz CT molecular complexity index is 591. The summed E-state index contributed by atoms with van der Waals surface area (Å²) in [5.74, 6) is 0.624. The Kier molecular flexibility index (Phi) is 4.85. The molecule has 122 valence electrons. The van der Waals surface area contributed by atoms with Gasteiger partial charge in [0, 0.05) is 25.7 Å². The van der Waals surface area contributed by atoms with Gasteiger partial charge in [0.25, 0.3) is 0 Å². The van der Waals surface area contributed by atoms with E-state index in [0.717, 1.165) is 39.0 Å². The molecule has 4 nitrogen and oxygen atoms in total. The van der Waals surface area contributed by atoms with Gasteiger partial charge in [0.1, 0.15) is 0 Å². The lowest BCUT2D eigenvalue weighted by Crippen LogP contribution is -2.40. The van der Waals surface area contributed by atoms with Gasteiger partial charge in [-0.2, -0.15) is 0 Å². The first-order chi connectivity index (χ1) is 10.5. The molecule has 0 unspecified atom stereocenters. The van der Waals surface area contributed by atoms with Gasteiger partial charge in [-0.15, -0.1) is 0 Å². The van der Waals surface area contributed by atoms with Crippen LogP contribution in [0.25, 0.3) is 0 Å². The van der Waals surface area contributed by atoms with Gasteiger partial charge in [0.05, 0.1) is 17.6 Å². The standard InChI is InChI=1S/C17H25NO3S/c1-14-4-6-15(7-5-14)11-18(12-17-3-2-9-21-17)16-8-10-22(19,20)13-16/h4-7,16-17H,2-3,8-13H2,1H3/t16-,17-/m0/s1. The number of sulfone groups is 1. The molecule has 1 aromatic carbocycles. The molecule has 0 aliphatic carbocycles. The third-order valence-electron chi connectivity index (χ3n) is 4.69. The second kappa shape index (κ2) is 6.69. The van der Waals surface area contributed by atoms with Crippen molar-refractivity contribution in [2.75, 3.05) is 24.7 Å². The van der Waals surface area contributed by atoms with Gasteiger partial charge in [0.2, 0.25) is 0 Å². The average Bonchev–Trinajstić information content (AvgIpc) is 3.10. The van der Waals surface area contributed by atoms with E-state index in [9.17, 15) is 8.42 Å². The van der Waals surface area contributed by atoms with Crippen LogP contribution >= 0.6 is 0 Å². The maximum Gasteiger partial charge on any atom is 0.151 e. The summed E-state index contributed by atoms with van der Waals surface area (Å²) in [6.45, 7) is 4.57. The number of ether oxygens (including phenoxy) is 1. The maximum absolute atomic E-state index is 11.8. The van der Waals surface area contributed by atoms with Crippen LogP contribution in [0, 0.1) is 6.92 Å². The molecule has 0 aromatic heterocycles. The minimum atomic E-state index is -2.86. The van der Waals surface area contributed by atoms with Gasteiger partial charge in [-0.3, -0.25) is 4.90 Å². The van der Waals surface area contributed by atoms with E-state index in [1.54, 1.807) is 0 Å². The molecule has 0 saturated carbocycles. The summed E-state index contributed by atoms with van der Waals surface area (Å²) >= 11 is 0. The molecule has 0 amide bonds. The topological polar surface area (TPSA) is 46.6 Å². The summed E-state index contributed by atoms with van der Waals surface area (Å²) in [5, 5.41) is 0. The van der Waals surface area contributed by atoms with Crippen LogP contribution in [-0.2, 0) is 21.1 Å². The zero-order valence-corrected chi connectivity index (χ0v) is 14.0. The number of rotatable bonds is 5. The molecular formula is C17H25NO3S. The van der Waals surface area contributed by atoms with Crippen molar-refractivity contribution in [3.63, 3.8) is 0 Å². The van der Waals surface area contributed by atoms with Crippen molar-refractivity contribution in [1.82, 2.24) is 4.90 Å². The van der Waals surface area contributed by atoms with Gasteiger partial charge in [0.15, 0.2) is 9.84 Å². The molecule has 0 bridgehead atoms. The molecule has 2 heterocycles. The molecule has 2 saturated heterocycles. The van der Waals surface area contributed by atoms with Gasteiger partial charge >= 0.3 is 0 Å². The van der Waals surface area contributed by atoms with Gasteiger partial charge in [-0.25, -0.2) is 8.42 Å². The fourth-order valence-electron chi connectivity index (χ4n) is 3.38. The number of hydrogen-bond donors (Lipinski definition) is 0. The first-order valence-corrected chi connectivity index (χ1v) is 9.95. The molecule has 0 radical (unpaired) electrons. The van der Waals surface area contributed by atoms with E-state index >= 15 is 0 Å². The fourth-order valence-corrected chi connectivity index (χ4v) is 5.15. The van der Waals surface area contributed by atoms with Gasteiger partial charge in [-0.05, 0) is 31.7 Å². The summed E-state index contributed by atoms with van der Waals surface area (Å²) in [7, 11) is -2.86. The highest BCUT2D eigenvalue weighted by Gasteiger charge is 2.33. The second-order valence-corrected chi connectivity index (χ2v) is 8.84. The second-order valence-electron chi connectivity index (χ2n) is 6.61. The molecule has 2 aliphatic heterocycles. The first-order valence-electron chi connectivity index (χ1n) is 8.13. The van der Waals surface area contributed by atoms with E-state index in [4.69, 9.17) is 4.74 Å². The average molecular weight is 323 g/mol. The maximum atomic E-state index is 11.8. The Hall–Kier alpha value is -0.910. The van der Waals surface area contributed by atoms with E-state index in [1.165, 1.54) is 11.1 Å². The summed E-state index contributed by atoms with van der Waals surface area (Å²) in [4.78, 5) is 2.32. The van der Waals surface area contributed by atoms with E-state index in [0.29, 0.717) is 11.5 Å². The predicted molar refractivity (Wildman–Crippen MR) is 87.6 cm³/mol. The van der Waals surface area contributed by atoms with Crippen LogP contribution in [0.5, 0.6) is 0 Å². The van der Waals surface area contributed by atoms with Crippen LogP contribution in [-0.4, -0.2) is 50.1 Å². The number of benzene rings is 1. The van der Waals surface area contributed by atoms with E-state index in [2.05, 4.69) is 36.1 Å². The lowest BCUT2D eigenvalue weighted by atomic mass is 10.1. The highest BCUT2D eigenvalue weighted by atomic mass is 32.2. The van der Waals surface area contributed by atoms with Gasteiger partial charge < -0.3 is 4.74 Å². The van der Waals surface area contributed by atoms with Crippen molar-refractivity contribution in [3.05, 3.63) is 35.4 Å². The molecule has 2 fully saturated rings. The van der Waals surface area contributed by atoms with Gasteiger partial charge in [-0.1, -0.05) is 29.8 Å². The number of hydrogen-bond acceptors (Lipinski definition) is 4. The molecule has 2 atom stereocenters. The van der Waals surface area contributed by atoms with E-state index < -0.39 is 9.84 Å². The molecule has 2 aliphatic rings. The first kappa shape index (κ1) is 16.0. The summed E-state index contributed by atoms with van der Waals surface area (Å²) in [6.07, 6.45) is 3.21. The van der Waals surface area contributed by atoms with Crippen molar-refractivity contribution >= 4 is 9.84 Å². The Balaban J connectivity index is 1.71. The Morgan fingerprint density at radius 2 is 2.00 bits per heavy atom. The Morgan fingerprint density at radius 1 is 1.23 bits per heavy atom. The van der Waals surface area contributed by atoms with Crippen LogP contribution in [0.1, 0.15) is 30.4 Å². The van der Waals surface area contributed by atoms with Crippen LogP contribution in [0.15, 0.2) is 24.3 Å². The molecule has 5 heteroatoms. The highest BCUT2D eigenvalue weighted by Crippen LogP contribution is 2.23. The minimum absolute atomic E-state index is 0.135. The van der Waals surface area contributed by atoms with Crippen molar-refractivity contribution in [2.24, 2.45) is 0 Å². The summed E-state index contributed by atoms with van der Waals surface area (Å²) < 4.78 is 29.4. The Morgan fingerprint density at radius 3 is 2.59 bits per heavy atom. The predicted octanol–water partition coefficient (Wildman–Crippen LogP) is 2.16. The smallest absolute Gasteiger partial charge is 0.151 e. The lowest BCUT2D eigenvalue weighted by molar-refractivity contribution is 0.0574. The number of nitrogens with zero attached hydrogens (tertiary/aromatic N) is 1. The Labute approximate surface area is 133 Å². The van der Waals surface area contributed by atoms with Crippen molar-refractivity contribution < 1.29 is 13.2 Å². The van der Waals surface area contributed by atoms with Crippen LogP contribution in [0.2, 0.25) is 0 Å². The molecular weight excluding hydrogens is 298 g/mol. The van der Waals surface area contributed by atoms with Crippen LogP contribution in [0.4, 0.5) is 0 Å². The van der Waals surface area contributed by atoms with Crippen LogP contribution in [0.3, 0.4) is 0 Å². The normalized spacial score (nSPS) is 27.5.